The van der Waals surface area contributed by atoms with Gasteiger partial charge in [0.25, 0.3) is 0 Å². The number of hydrogen-bond acceptors (Lipinski definition) is 2. The van der Waals surface area contributed by atoms with Crippen LogP contribution in [0.4, 0.5) is 0 Å². The summed E-state index contributed by atoms with van der Waals surface area (Å²) in [7, 11) is 3.50. The van der Waals surface area contributed by atoms with E-state index in [0.717, 1.165) is 19.3 Å². The average molecular weight is 140 g/mol. The normalized spacial score (nSPS) is 7.80. The van der Waals surface area contributed by atoms with Gasteiger partial charge in [-0.3, -0.25) is 4.79 Å². The van der Waals surface area contributed by atoms with Gasteiger partial charge >= 0.3 is 12.6 Å². The second kappa shape index (κ2) is 11.1. The van der Waals surface area contributed by atoms with Crippen LogP contribution in [-0.2, 0) is 4.79 Å². The maximum Gasteiger partial charge on any atom is 0.217 e. The number of unbranched alkanes of at least 4 members (excludes halogenated alkanes) is 2. The fourth-order valence-corrected chi connectivity index (χ4v) is 0.549. The molecule has 2 N–H and O–H groups in total. The van der Waals surface area contributed by atoms with Crippen molar-refractivity contribution in [3.63, 3.8) is 0 Å². The van der Waals surface area contributed by atoms with Crippen molar-refractivity contribution >= 4 is 13.4 Å². The molecule has 56 valence electrons. The first kappa shape index (κ1) is 12.0. The van der Waals surface area contributed by atoms with Crippen LogP contribution in [-0.4, -0.2) is 13.4 Å². The van der Waals surface area contributed by atoms with Crippen LogP contribution in [0.15, 0.2) is 0 Å². The Kier molecular flexibility index (Phi) is 13.3. The molecule has 0 saturated carbocycles. The summed E-state index contributed by atoms with van der Waals surface area (Å²) >= 11 is 0. The molecular formula is C6H13BN2O. The molecule has 0 rings (SSSR count). The van der Waals surface area contributed by atoms with Crippen molar-refractivity contribution in [1.29, 1.82) is 5.16 Å². The first-order valence-electron chi connectivity index (χ1n) is 3.31. The van der Waals surface area contributed by atoms with Crippen LogP contribution in [0.25, 0.3) is 0 Å². The van der Waals surface area contributed by atoms with E-state index in [9.17, 15) is 4.79 Å². The number of hydrogen-bond donors (Lipinski definition) is 1. The summed E-state index contributed by atoms with van der Waals surface area (Å²) in [6.45, 7) is 2.10. The first-order valence-corrected chi connectivity index (χ1v) is 3.31. The smallest absolute Gasteiger partial charge is 0.217 e. The van der Waals surface area contributed by atoms with Crippen LogP contribution in [0.5, 0.6) is 0 Å². The van der Waals surface area contributed by atoms with Crippen LogP contribution < -0.4 is 5.73 Å². The summed E-state index contributed by atoms with van der Waals surface area (Å²) in [5.74, 6) is -0.182. The fraction of sp³-hybridized carbons (Fsp3) is 0.833. The summed E-state index contributed by atoms with van der Waals surface area (Å²) in [4.78, 5) is 10.1. The van der Waals surface area contributed by atoms with Crippen LogP contribution in [0.1, 0.15) is 32.6 Å². The van der Waals surface area contributed by atoms with Gasteiger partial charge < -0.3 is 5.73 Å². The Morgan fingerprint density at radius 1 is 1.50 bits per heavy atom. The van der Waals surface area contributed by atoms with Gasteiger partial charge in [0.05, 0.1) is 0 Å². The third-order valence-corrected chi connectivity index (χ3v) is 1.03. The van der Waals surface area contributed by atoms with Gasteiger partial charge in [-0.1, -0.05) is 19.8 Å². The van der Waals surface area contributed by atoms with Gasteiger partial charge in [0.15, 0.2) is 0 Å². The largest absolute Gasteiger partial charge is 0.370 e. The molecule has 0 aliphatic heterocycles. The minimum Gasteiger partial charge on any atom is -0.370 e. The molecule has 0 atom stereocenters. The zero-order valence-electron chi connectivity index (χ0n) is 6.34. The third-order valence-electron chi connectivity index (χ3n) is 1.03. The Morgan fingerprint density at radius 2 is 2.00 bits per heavy atom. The summed E-state index contributed by atoms with van der Waals surface area (Å²) in [6, 6.07) is 0. The molecule has 0 heterocycles. The number of nitrogens with zero attached hydrogens (tertiary/aromatic N) is 1. The van der Waals surface area contributed by atoms with Crippen molar-refractivity contribution < 1.29 is 4.79 Å². The molecule has 0 saturated heterocycles. The van der Waals surface area contributed by atoms with Gasteiger partial charge in [-0.2, -0.15) is 0 Å². The maximum atomic E-state index is 10.1. The molecule has 0 aromatic rings. The van der Waals surface area contributed by atoms with Crippen LogP contribution in [0.3, 0.4) is 0 Å². The van der Waals surface area contributed by atoms with Gasteiger partial charge in [-0.15, -0.1) is 0 Å². The Bertz CT molecular complexity index is 103. The number of amides is 1. The van der Waals surface area contributed by atoms with Crippen LogP contribution in [0.2, 0.25) is 0 Å². The summed E-state index contributed by atoms with van der Waals surface area (Å²) in [5.41, 5.74) is 4.89. The van der Waals surface area contributed by atoms with E-state index in [4.69, 9.17) is 10.9 Å². The summed E-state index contributed by atoms with van der Waals surface area (Å²) in [5, 5.41) is 6.50. The predicted octanol–water partition coefficient (Wildman–Crippen LogP) is 0.686. The monoisotopic (exact) mass is 140 g/mol. The molecule has 0 fully saturated rings. The van der Waals surface area contributed by atoms with E-state index in [0.29, 0.717) is 6.42 Å². The Balaban J connectivity index is 0. The number of nitrogens with two attached hydrogens (primary N) is 1. The quantitative estimate of drug-likeness (QED) is 0.460. The van der Waals surface area contributed by atoms with E-state index in [1.54, 1.807) is 0 Å². The number of carbonyl (C=O) groups is 1. The van der Waals surface area contributed by atoms with Gasteiger partial charge in [0.1, 0.15) is 0 Å². The standard InChI is InChI=1S/C6H13NO.BN/c1-2-3-4-5-6(7)8;1-2/h2-5H2,1H3,(H2,7,8);. The summed E-state index contributed by atoms with van der Waals surface area (Å²) in [6.07, 6.45) is 3.76. The molecular weight excluding hydrogens is 127 g/mol. The second-order valence-corrected chi connectivity index (χ2v) is 1.92. The Morgan fingerprint density at radius 3 is 2.30 bits per heavy atom. The maximum absolute atomic E-state index is 10.1. The molecule has 0 aromatic heterocycles. The van der Waals surface area contributed by atoms with Crippen molar-refractivity contribution in [1.82, 2.24) is 0 Å². The second-order valence-electron chi connectivity index (χ2n) is 1.92. The SMILES string of the molecule is B#N.CCCCCC(N)=O. The minimum absolute atomic E-state index is 0.182. The molecule has 1 amide bonds. The Labute approximate surface area is 62.6 Å². The van der Waals surface area contributed by atoms with E-state index in [1.165, 1.54) is 0 Å². The van der Waals surface area contributed by atoms with Crippen molar-refractivity contribution in [2.75, 3.05) is 0 Å². The molecule has 10 heavy (non-hydrogen) atoms. The van der Waals surface area contributed by atoms with Gasteiger partial charge in [0, 0.05) is 6.42 Å². The fourth-order valence-electron chi connectivity index (χ4n) is 0.549. The molecule has 0 radical (unpaired) electrons. The van der Waals surface area contributed by atoms with E-state index in [1.807, 2.05) is 0 Å². The molecule has 0 aromatic carbocycles. The Hall–Kier alpha value is -0.755. The number of rotatable bonds is 4. The predicted molar refractivity (Wildman–Crippen MR) is 40.8 cm³/mol. The molecule has 0 unspecified atom stereocenters. The zero-order valence-corrected chi connectivity index (χ0v) is 6.34. The average Bonchev–Trinajstić information content (AvgIpc) is 1.92. The minimum atomic E-state index is -0.182. The number of primary amides is 1. The third kappa shape index (κ3) is 15.7. The van der Waals surface area contributed by atoms with Gasteiger partial charge in [0.2, 0.25) is 5.91 Å². The van der Waals surface area contributed by atoms with Crippen LogP contribution >= 0.6 is 0 Å². The number of carbonyl (C=O) groups excluding carboxylic acids is 1. The topological polar surface area (TPSA) is 66.9 Å². The van der Waals surface area contributed by atoms with E-state index in [2.05, 4.69) is 14.4 Å². The van der Waals surface area contributed by atoms with Crippen molar-refractivity contribution in [2.45, 2.75) is 32.6 Å². The summed E-state index contributed by atoms with van der Waals surface area (Å²) < 4.78 is 0. The zero-order chi connectivity index (χ0) is 8.41. The molecule has 0 aliphatic rings. The molecule has 0 aliphatic carbocycles. The van der Waals surface area contributed by atoms with Crippen LogP contribution in [0, 0.1) is 5.16 Å². The van der Waals surface area contributed by atoms with Gasteiger partial charge in [-0.25, -0.2) is 0 Å². The molecule has 4 heteroatoms. The van der Waals surface area contributed by atoms with E-state index in [-0.39, 0.29) is 5.91 Å². The van der Waals surface area contributed by atoms with Gasteiger partial charge in [-0.05, 0) is 6.42 Å². The van der Waals surface area contributed by atoms with Crippen molar-refractivity contribution in [2.24, 2.45) is 5.73 Å². The van der Waals surface area contributed by atoms with Crippen molar-refractivity contribution in [3.8, 4) is 0 Å². The van der Waals surface area contributed by atoms with E-state index < -0.39 is 0 Å². The molecule has 3 nitrogen and oxygen atoms in total. The molecule has 0 spiro atoms. The van der Waals surface area contributed by atoms with E-state index >= 15 is 0 Å². The first-order chi connectivity index (χ1) is 4.77. The van der Waals surface area contributed by atoms with Crippen molar-refractivity contribution in [3.05, 3.63) is 0 Å². The molecule has 0 bridgehead atoms.